The predicted molar refractivity (Wildman–Crippen MR) is 140 cm³/mol. The third kappa shape index (κ3) is 10.3. The van der Waals surface area contributed by atoms with Gasteiger partial charge >= 0.3 is 6.09 Å². The highest BCUT2D eigenvalue weighted by atomic mass is 32.1. The van der Waals surface area contributed by atoms with Crippen LogP contribution in [-0.2, 0) is 19.0 Å². The first-order valence-electron chi connectivity index (χ1n) is 11.7. The molecule has 0 aliphatic heterocycles. The molecule has 0 fully saturated rings. The number of hydrogen-bond donors (Lipinski definition) is 3. The maximum Gasteiger partial charge on any atom is 0.407 e. The van der Waals surface area contributed by atoms with Crippen molar-refractivity contribution in [3.8, 4) is 0 Å². The smallest absolute Gasteiger partial charge is 0.407 e. The molecule has 2 aromatic rings. The van der Waals surface area contributed by atoms with Crippen LogP contribution in [-0.4, -0.2) is 61.5 Å². The number of nitrogens with zero attached hydrogens (tertiary/aromatic N) is 1. The maximum absolute atomic E-state index is 12.9. The summed E-state index contributed by atoms with van der Waals surface area (Å²) in [4.78, 5) is 42.2. The second-order valence-electron chi connectivity index (χ2n) is 9.06. The van der Waals surface area contributed by atoms with Crippen molar-refractivity contribution < 1.29 is 28.6 Å². The highest BCUT2D eigenvalue weighted by molar-refractivity contribution is 7.15. The van der Waals surface area contributed by atoms with Gasteiger partial charge in [0, 0.05) is 11.4 Å². The largest absolute Gasteiger partial charge is 0.444 e. The molecule has 0 unspecified atom stereocenters. The number of aryl methyl sites for hydroxylation is 3. The topological polar surface area (TPSA) is 128 Å². The summed E-state index contributed by atoms with van der Waals surface area (Å²) in [6.07, 6.45) is -0.365. The van der Waals surface area contributed by atoms with E-state index in [4.69, 9.17) is 14.2 Å². The molecule has 2 rings (SSSR count). The number of hydrogen-bond acceptors (Lipinski definition) is 8. The molecule has 0 spiro atoms. The molecular weight excluding hydrogens is 484 g/mol. The van der Waals surface area contributed by atoms with Crippen LogP contribution in [0.25, 0.3) is 0 Å². The molecule has 3 N–H and O–H groups in total. The summed E-state index contributed by atoms with van der Waals surface area (Å²) < 4.78 is 16.0. The zero-order valence-electron chi connectivity index (χ0n) is 21.8. The lowest BCUT2D eigenvalue weighted by Crippen LogP contribution is -2.34. The molecular formula is C25H36N4O6S. The Labute approximate surface area is 216 Å². The Bertz CT molecular complexity index is 1030. The first-order chi connectivity index (χ1) is 17.0. The Hall–Kier alpha value is -3.02. The van der Waals surface area contributed by atoms with Crippen LogP contribution in [0.5, 0.6) is 0 Å². The van der Waals surface area contributed by atoms with E-state index < -0.39 is 11.7 Å². The number of alkyl carbamates (subject to hydrolysis) is 1. The number of carbonyl (C=O) groups is 3. The minimum Gasteiger partial charge on any atom is -0.444 e. The van der Waals surface area contributed by atoms with Gasteiger partial charge in [-0.1, -0.05) is 12.1 Å². The van der Waals surface area contributed by atoms with E-state index in [1.54, 1.807) is 32.9 Å². The van der Waals surface area contributed by atoms with Crippen molar-refractivity contribution in [1.29, 1.82) is 0 Å². The number of nitrogens with one attached hydrogen (secondary N) is 3. The van der Waals surface area contributed by atoms with Crippen LogP contribution in [0.15, 0.2) is 18.2 Å². The van der Waals surface area contributed by atoms with E-state index in [2.05, 4.69) is 20.9 Å². The lowest BCUT2D eigenvalue weighted by Gasteiger charge is -2.19. The first-order valence-corrected chi connectivity index (χ1v) is 12.5. The van der Waals surface area contributed by atoms with E-state index in [0.717, 1.165) is 16.1 Å². The second-order valence-corrected chi connectivity index (χ2v) is 10.3. The van der Waals surface area contributed by atoms with Crippen LogP contribution in [0.1, 0.15) is 53.7 Å². The molecule has 0 aliphatic rings. The SMILES string of the molecule is Cc1cccc(NC(=O)CCOCCOCCNC(=O)OC(C)(C)C)c1C(=O)Nc1nc(C)c(C)s1. The van der Waals surface area contributed by atoms with E-state index in [-0.39, 0.29) is 24.8 Å². The number of thiazole rings is 1. The molecule has 3 amide bonds. The number of carbonyl (C=O) groups excluding carboxylic acids is 3. The number of aromatic nitrogens is 1. The molecule has 0 radical (unpaired) electrons. The molecule has 1 aromatic heterocycles. The Morgan fingerprint density at radius 1 is 0.972 bits per heavy atom. The average Bonchev–Trinajstić information content (AvgIpc) is 3.07. The first kappa shape index (κ1) is 29.2. The maximum atomic E-state index is 12.9. The zero-order chi connectivity index (χ0) is 26.7. The molecule has 0 saturated heterocycles. The lowest BCUT2D eigenvalue weighted by atomic mass is 10.1. The number of anilines is 2. The van der Waals surface area contributed by atoms with Gasteiger partial charge in [-0.2, -0.15) is 0 Å². The van der Waals surface area contributed by atoms with E-state index in [9.17, 15) is 14.4 Å². The molecule has 0 bridgehead atoms. The molecule has 0 atom stereocenters. The molecule has 11 heteroatoms. The van der Waals surface area contributed by atoms with Crippen LogP contribution < -0.4 is 16.0 Å². The third-order valence-electron chi connectivity index (χ3n) is 4.78. The molecule has 10 nitrogen and oxygen atoms in total. The van der Waals surface area contributed by atoms with Gasteiger partial charge < -0.3 is 24.8 Å². The van der Waals surface area contributed by atoms with E-state index in [1.165, 1.54) is 11.3 Å². The fourth-order valence-corrected chi connectivity index (χ4v) is 3.81. The van der Waals surface area contributed by atoms with Crippen LogP contribution in [0.4, 0.5) is 15.6 Å². The Morgan fingerprint density at radius 3 is 2.31 bits per heavy atom. The van der Waals surface area contributed by atoms with Gasteiger partial charge in [-0.25, -0.2) is 9.78 Å². The van der Waals surface area contributed by atoms with Gasteiger partial charge in [0.15, 0.2) is 5.13 Å². The zero-order valence-corrected chi connectivity index (χ0v) is 22.6. The minimum atomic E-state index is -0.543. The number of ether oxygens (including phenoxy) is 3. The summed E-state index contributed by atoms with van der Waals surface area (Å²) in [6.45, 7) is 12.5. The Balaban J connectivity index is 1.69. The third-order valence-corrected chi connectivity index (χ3v) is 5.77. The van der Waals surface area contributed by atoms with E-state index in [1.807, 2.05) is 26.8 Å². The monoisotopic (exact) mass is 520 g/mol. The van der Waals surface area contributed by atoms with Gasteiger partial charge in [0.25, 0.3) is 5.91 Å². The summed E-state index contributed by atoms with van der Waals surface area (Å²) in [6, 6.07) is 5.29. The second kappa shape index (κ2) is 13.9. The van der Waals surface area contributed by atoms with Crippen molar-refractivity contribution in [3.05, 3.63) is 39.9 Å². The van der Waals surface area contributed by atoms with Crippen molar-refractivity contribution in [2.75, 3.05) is 43.6 Å². The van der Waals surface area contributed by atoms with Gasteiger partial charge in [-0.3, -0.25) is 14.9 Å². The van der Waals surface area contributed by atoms with Crippen molar-refractivity contribution in [2.45, 2.75) is 53.6 Å². The number of amides is 3. The van der Waals surface area contributed by atoms with Crippen molar-refractivity contribution in [1.82, 2.24) is 10.3 Å². The van der Waals surface area contributed by atoms with E-state index in [0.29, 0.717) is 42.7 Å². The average molecular weight is 521 g/mol. The van der Waals surface area contributed by atoms with Gasteiger partial charge in [0.05, 0.1) is 49.8 Å². The fraction of sp³-hybridized carbons (Fsp3) is 0.520. The molecule has 36 heavy (non-hydrogen) atoms. The minimum absolute atomic E-state index is 0.125. The Kier molecular flexibility index (Phi) is 11.3. The van der Waals surface area contributed by atoms with Gasteiger partial charge in [0.1, 0.15) is 5.60 Å². The molecule has 1 heterocycles. The highest BCUT2D eigenvalue weighted by Crippen LogP contribution is 2.25. The van der Waals surface area contributed by atoms with Gasteiger partial charge in [0.2, 0.25) is 5.91 Å². The quantitative estimate of drug-likeness (QED) is 0.358. The molecule has 0 saturated carbocycles. The van der Waals surface area contributed by atoms with Gasteiger partial charge in [-0.15, -0.1) is 11.3 Å². The normalized spacial score (nSPS) is 11.2. The summed E-state index contributed by atoms with van der Waals surface area (Å²) in [7, 11) is 0. The van der Waals surface area contributed by atoms with Crippen LogP contribution >= 0.6 is 11.3 Å². The van der Waals surface area contributed by atoms with Crippen molar-refractivity contribution >= 4 is 40.1 Å². The van der Waals surface area contributed by atoms with E-state index >= 15 is 0 Å². The highest BCUT2D eigenvalue weighted by Gasteiger charge is 2.18. The standard InChI is InChI=1S/C25H36N4O6S/c1-16-8-7-9-19(21(16)22(31)29-23-27-17(2)18(3)36-23)28-20(30)10-12-33-14-15-34-13-11-26-24(32)35-25(4,5)6/h7-9H,10-15H2,1-6H3,(H,26,32)(H,28,30)(H,27,29,31). The summed E-state index contributed by atoms with van der Waals surface area (Å²) in [5, 5.41) is 8.74. The van der Waals surface area contributed by atoms with Gasteiger partial charge in [-0.05, 0) is 53.2 Å². The van der Waals surface area contributed by atoms with Crippen LogP contribution in [0.2, 0.25) is 0 Å². The van der Waals surface area contributed by atoms with Crippen LogP contribution in [0.3, 0.4) is 0 Å². The molecule has 1 aromatic carbocycles. The number of rotatable bonds is 12. The lowest BCUT2D eigenvalue weighted by molar-refractivity contribution is -0.117. The molecule has 198 valence electrons. The summed E-state index contributed by atoms with van der Waals surface area (Å²) >= 11 is 1.41. The number of benzene rings is 1. The van der Waals surface area contributed by atoms with Crippen LogP contribution in [0, 0.1) is 20.8 Å². The summed E-state index contributed by atoms with van der Waals surface area (Å²) in [5.74, 6) is -0.593. The molecule has 0 aliphatic carbocycles. The Morgan fingerprint density at radius 2 is 1.67 bits per heavy atom. The summed E-state index contributed by atoms with van der Waals surface area (Å²) in [5.41, 5.74) is 1.90. The van der Waals surface area contributed by atoms with Crippen molar-refractivity contribution in [2.24, 2.45) is 0 Å². The fourth-order valence-electron chi connectivity index (χ4n) is 3.00. The predicted octanol–water partition coefficient (Wildman–Crippen LogP) is 4.21. The van der Waals surface area contributed by atoms with Crippen molar-refractivity contribution in [3.63, 3.8) is 0 Å².